The van der Waals surface area contributed by atoms with Gasteiger partial charge in [0.1, 0.15) is 0 Å². The quantitative estimate of drug-likeness (QED) is 0.841. The third-order valence-electron chi connectivity index (χ3n) is 3.86. The van der Waals surface area contributed by atoms with Crippen LogP contribution in [0, 0.1) is 0 Å². The van der Waals surface area contributed by atoms with Gasteiger partial charge in [-0.2, -0.15) is 13.2 Å². The van der Waals surface area contributed by atoms with Gasteiger partial charge < -0.3 is 15.5 Å². The van der Waals surface area contributed by atoms with E-state index in [1.54, 1.807) is 0 Å². The van der Waals surface area contributed by atoms with Crippen LogP contribution in [0.25, 0.3) is 0 Å². The molecule has 0 spiro atoms. The molecule has 7 heteroatoms. The second kappa shape index (κ2) is 7.92. The number of anilines is 2. The summed E-state index contributed by atoms with van der Waals surface area (Å²) in [6, 6.07) is 13.8. The maximum atomic E-state index is 12.9. The number of rotatable bonds is 5. The third-order valence-corrected chi connectivity index (χ3v) is 3.86. The zero-order valence-electron chi connectivity index (χ0n) is 14.0. The normalized spacial score (nSPS) is 12.4. The Kier molecular flexibility index (Phi) is 5.90. The summed E-state index contributed by atoms with van der Waals surface area (Å²) < 4.78 is 38.8. The Morgan fingerprint density at radius 3 is 2.32 bits per heavy atom. The maximum absolute atomic E-state index is 12.9. The second-order valence-electron chi connectivity index (χ2n) is 5.67. The monoisotopic (exact) mass is 351 g/mol. The Morgan fingerprint density at radius 2 is 1.68 bits per heavy atom. The average molecular weight is 351 g/mol. The summed E-state index contributed by atoms with van der Waals surface area (Å²) in [6.45, 7) is 2.20. The van der Waals surface area contributed by atoms with E-state index in [0.717, 1.165) is 11.8 Å². The molecule has 25 heavy (non-hydrogen) atoms. The molecule has 0 fully saturated rings. The first-order chi connectivity index (χ1) is 11.8. The number of amides is 2. The van der Waals surface area contributed by atoms with Crippen LogP contribution in [0.15, 0.2) is 54.6 Å². The molecule has 0 radical (unpaired) electrons. The summed E-state index contributed by atoms with van der Waals surface area (Å²) in [5.41, 5.74) is -0.157. The van der Waals surface area contributed by atoms with Crippen LogP contribution >= 0.6 is 0 Å². The minimum Gasteiger partial charge on any atom is -0.370 e. The summed E-state index contributed by atoms with van der Waals surface area (Å²) in [6.07, 6.45) is -4.52. The van der Waals surface area contributed by atoms with Gasteiger partial charge in [-0.05, 0) is 31.2 Å². The lowest BCUT2D eigenvalue weighted by molar-refractivity contribution is -0.136. The van der Waals surface area contributed by atoms with Gasteiger partial charge in [-0.3, -0.25) is 0 Å². The van der Waals surface area contributed by atoms with Crippen molar-refractivity contribution in [3.05, 3.63) is 60.2 Å². The van der Waals surface area contributed by atoms with Crippen molar-refractivity contribution in [2.75, 3.05) is 23.8 Å². The number of hydrogen-bond acceptors (Lipinski definition) is 2. The Balaban J connectivity index is 1.93. The van der Waals surface area contributed by atoms with E-state index < -0.39 is 17.8 Å². The van der Waals surface area contributed by atoms with Crippen molar-refractivity contribution in [3.63, 3.8) is 0 Å². The SMILES string of the molecule is CC(CNC(=O)Nc1ccccc1C(F)(F)F)N(C)c1ccccc1. The molecular weight excluding hydrogens is 331 g/mol. The van der Waals surface area contributed by atoms with Crippen LogP contribution in [0.4, 0.5) is 29.3 Å². The molecule has 0 aliphatic rings. The summed E-state index contributed by atoms with van der Waals surface area (Å²) >= 11 is 0. The van der Waals surface area contributed by atoms with Crippen LogP contribution in [0.1, 0.15) is 12.5 Å². The highest BCUT2D eigenvalue weighted by Crippen LogP contribution is 2.34. The number of likely N-dealkylation sites (N-methyl/N-ethyl adjacent to an activating group) is 1. The van der Waals surface area contributed by atoms with Crippen molar-refractivity contribution in [2.45, 2.75) is 19.1 Å². The molecule has 0 saturated carbocycles. The third kappa shape index (κ3) is 5.14. The van der Waals surface area contributed by atoms with Crippen LogP contribution in [0.3, 0.4) is 0 Å². The highest BCUT2D eigenvalue weighted by Gasteiger charge is 2.33. The predicted octanol–water partition coefficient (Wildman–Crippen LogP) is 4.35. The van der Waals surface area contributed by atoms with E-state index in [1.165, 1.54) is 18.2 Å². The van der Waals surface area contributed by atoms with E-state index in [-0.39, 0.29) is 18.3 Å². The molecule has 2 N–H and O–H groups in total. The maximum Gasteiger partial charge on any atom is 0.418 e. The minimum atomic E-state index is -4.52. The lowest BCUT2D eigenvalue weighted by Gasteiger charge is -2.27. The number of urea groups is 1. The number of nitrogens with one attached hydrogen (secondary N) is 2. The first-order valence-electron chi connectivity index (χ1n) is 7.78. The summed E-state index contributed by atoms with van der Waals surface area (Å²) in [5.74, 6) is 0. The highest BCUT2D eigenvalue weighted by atomic mass is 19.4. The molecule has 0 bridgehead atoms. The number of para-hydroxylation sites is 2. The predicted molar refractivity (Wildman–Crippen MR) is 92.8 cm³/mol. The van der Waals surface area contributed by atoms with Crippen LogP contribution in [-0.4, -0.2) is 25.7 Å². The van der Waals surface area contributed by atoms with Crippen LogP contribution in [0.5, 0.6) is 0 Å². The van der Waals surface area contributed by atoms with E-state index in [0.29, 0.717) is 0 Å². The largest absolute Gasteiger partial charge is 0.418 e. The fourth-order valence-corrected chi connectivity index (χ4v) is 2.30. The summed E-state index contributed by atoms with van der Waals surface area (Å²) in [5, 5.41) is 4.86. The van der Waals surface area contributed by atoms with Crippen molar-refractivity contribution >= 4 is 17.4 Å². The number of benzene rings is 2. The highest BCUT2D eigenvalue weighted by molar-refractivity contribution is 5.90. The number of nitrogens with zero attached hydrogens (tertiary/aromatic N) is 1. The van der Waals surface area contributed by atoms with E-state index in [9.17, 15) is 18.0 Å². The van der Waals surface area contributed by atoms with Gasteiger partial charge in [-0.15, -0.1) is 0 Å². The zero-order valence-corrected chi connectivity index (χ0v) is 14.0. The topological polar surface area (TPSA) is 44.4 Å². The van der Waals surface area contributed by atoms with Gasteiger partial charge in [-0.1, -0.05) is 30.3 Å². The van der Waals surface area contributed by atoms with Gasteiger partial charge in [0.15, 0.2) is 0 Å². The van der Waals surface area contributed by atoms with Crippen LogP contribution < -0.4 is 15.5 Å². The molecule has 2 aromatic carbocycles. The van der Waals surface area contributed by atoms with E-state index in [2.05, 4.69) is 10.6 Å². The minimum absolute atomic E-state index is 0.0361. The van der Waals surface area contributed by atoms with Crippen LogP contribution in [-0.2, 0) is 6.18 Å². The summed E-state index contributed by atoms with van der Waals surface area (Å²) in [7, 11) is 1.89. The molecule has 134 valence electrons. The molecule has 0 aromatic heterocycles. The lowest BCUT2D eigenvalue weighted by Crippen LogP contribution is -2.41. The Morgan fingerprint density at radius 1 is 1.08 bits per heavy atom. The molecule has 2 aromatic rings. The number of alkyl halides is 3. The van der Waals surface area contributed by atoms with Gasteiger partial charge in [-0.25, -0.2) is 4.79 Å². The first kappa shape index (κ1) is 18.6. The fraction of sp³-hybridized carbons (Fsp3) is 0.278. The molecule has 0 saturated heterocycles. The van der Waals surface area contributed by atoms with Crippen molar-refractivity contribution in [3.8, 4) is 0 Å². The van der Waals surface area contributed by atoms with Gasteiger partial charge >= 0.3 is 12.2 Å². The second-order valence-corrected chi connectivity index (χ2v) is 5.67. The Hall–Kier alpha value is -2.70. The Bertz CT molecular complexity index is 704. The van der Waals surface area contributed by atoms with Crippen LogP contribution in [0.2, 0.25) is 0 Å². The molecule has 1 atom stereocenters. The van der Waals surface area contributed by atoms with E-state index in [4.69, 9.17) is 0 Å². The molecule has 2 rings (SSSR count). The smallest absolute Gasteiger partial charge is 0.370 e. The molecule has 0 aliphatic heterocycles. The average Bonchev–Trinajstić information content (AvgIpc) is 2.59. The number of carbonyl (C=O) groups excluding carboxylic acids is 1. The van der Waals surface area contributed by atoms with E-state index >= 15 is 0 Å². The lowest BCUT2D eigenvalue weighted by atomic mass is 10.1. The van der Waals surface area contributed by atoms with Gasteiger partial charge in [0, 0.05) is 25.3 Å². The van der Waals surface area contributed by atoms with Crippen molar-refractivity contribution in [1.29, 1.82) is 0 Å². The number of carbonyl (C=O) groups is 1. The molecule has 0 aliphatic carbocycles. The zero-order chi connectivity index (χ0) is 18.4. The molecule has 0 heterocycles. The molecular formula is C18H20F3N3O. The van der Waals surface area contributed by atoms with Gasteiger partial charge in [0.05, 0.1) is 11.3 Å². The number of hydrogen-bond donors (Lipinski definition) is 2. The molecule has 4 nitrogen and oxygen atoms in total. The van der Waals surface area contributed by atoms with Crippen molar-refractivity contribution in [1.82, 2.24) is 5.32 Å². The molecule has 2 amide bonds. The standard InChI is InChI=1S/C18H20F3N3O/c1-13(24(2)14-8-4-3-5-9-14)12-22-17(25)23-16-11-7-6-10-15(16)18(19,20)21/h3-11,13H,12H2,1-2H3,(H2,22,23,25). The van der Waals surface area contributed by atoms with E-state index in [1.807, 2.05) is 49.2 Å². The summed E-state index contributed by atoms with van der Waals surface area (Å²) in [4.78, 5) is 13.9. The van der Waals surface area contributed by atoms with Crippen molar-refractivity contribution < 1.29 is 18.0 Å². The van der Waals surface area contributed by atoms with Gasteiger partial charge in [0.25, 0.3) is 0 Å². The van der Waals surface area contributed by atoms with Gasteiger partial charge in [0.2, 0.25) is 0 Å². The molecule has 1 unspecified atom stereocenters. The first-order valence-corrected chi connectivity index (χ1v) is 7.78. The van der Waals surface area contributed by atoms with Crippen molar-refractivity contribution in [2.24, 2.45) is 0 Å². The fourth-order valence-electron chi connectivity index (χ4n) is 2.30. The number of halogens is 3. The Labute approximate surface area is 144 Å².